The molecule has 0 saturated carbocycles. The number of aliphatic imine (C=N–C) groups is 1. The minimum absolute atomic E-state index is 0. The Morgan fingerprint density at radius 2 is 2.12 bits per heavy atom. The molecule has 0 radical (unpaired) electrons. The maximum atomic E-state index is 11.5. The third-order valence-corrected chi connectivity index (χ3v) is 4.53. The van der Waals surface area contributed by atoms with Crippen LogP contribution in [0.25, 0.3) is 0 Å². The molecule has 146 valence electrons. The number of benzene rings is 1. The van der Waals surface area contributed by atoms with Crippen LogP contribution in [0.1, 0.15) is 38.0 Å². The molecule has 1 aromatic carbocycles. The molecule has 2 rings (SSSR count). The zero-order chi connectivity index (χ0) is 18.4. The van der Waals surface area contributed by atoms with Gasteiger partial charge < -0.3 is 20.7 Å². The van der Waals surface area contributed by atoms with Crippen molar-refractivity contribution in [2.75, 3.05) is 32.8 Å². The normalized spacial score (nSPS) is 18.2. The van der Waals surface area contributed by atoms with Gasteiger partial charge in [-0.2, -0.15) is 0 Å². The summed E-state index contributed by atoms with van der Waals surface area (Å²) in [7, 11) is 0. The van der Waals surface area contributed by atoms with Gasteiger partial charge in [0.1, 0.15) is 6.10 Å². The molecule has 1 unspecified atom stereocenters. The zero-order valence-corrected chi connectivity index (χ0v) is 18.4. The largest absolute Gasteiger partial charge is 0.370 e. The molecule has 6 nitrogen and oxygen atoms in total. The van der Waals surface area contributed by atoms with Crippen molar-refractivity contribution >= 4 is 35.8 Å². The van der Waals surface area contributed by atoms with Crippen LogP contribution < -0.4 is 11.1 Å². The Labute approximate surface area is 173 Å². The van der Waals surface area contributed by atoms with E-state index in [0.29, 0.717) is 13.2 Å². The smallest absolute Gasteiger partial charge is 0.224 e. The lowest BCUT2D eigenvalue weighted by Gasteiger charge is -2.36. The molecule has 1 fully saturated rings. The topological polar surface area (TPSA) is 79.9 Å². The number of hydrogen-bond acceptors (Lipinski definition) is 3. The Hall–Kier alpha value is -1.35. The third kappa shape index (κ3) is 5.84. The number of amides is 1. The van der Waals surface area contributed by atoms with Gasteiger partial charge >= 0.3 is 0 Å². The lowest BCUT2D eigenvalue weighted by atomic mass is 9.93. The molecule has 1 aromatic rings. The second-order valence-electron chi connectivity index (χ2n) is 7.08. The third-order valence-electron chi connectivity index (χ3n) is 4.53. The Bertz CT molecular complexity index is 634. The van der Waals surface area contributed by atoms with E-state index in [-0.39, 0.29) is 36.0 Å². The quantitative estimate of drug-likeness (QED) is 0.391. The molecule has 1 atom stereocenters. The van der Waals surface area contributed by atoms with Crippen molar-refractivity contribution in [3.8, 4) is 0 Å². The summed E-state index contributed by atoms with van der Waals surface area (Å²) in [5, 5.41) is 3.32. The average Bonchev–Trinajstić information content (AvgIpc) is 2.59. The van der Waals surface area contributed by atoms with Crippen molar-refractivity contribution < 1.29 is 9.53 Å². The number of guanidine groups is 1. The fourth-order valence-corrected chi connectivity index (χ4v) is 2.75. The fourth-order valence-electron chi connectivity index (χ4n) is 2.75. The molecule has 0 aromatic heterocycles. The highest BCUT2D eigenvalue weighted by molar-refractivity contribution is 14.0. The van der Waals surface area contributed by atoms with E-state index in [2.05, 4.69) is 34.3 Å². The van der Waals surface area contributed by atoms with E-state index in [1.807, 2.05) is 32.9 Å². The van der Waals surface area contributed by atoms with Gasteiger partial charge in [0.05, 0.1) is 25.1 Å². The summed E-state index contributed by atoms with van der Waals surface area (Å²) in [5.74, 6) is 0.463. The summed E-state index contributed by atoms with van der Waals surface area (Å²) in [6.45, 7) is 11.0. The summed E-state index contributed by atoms with van der Waals surface area (Å²) >= 11 is 0. The molecule has 1 saturated heterocycles. The SMILES string of the molecule is CCNC(=NCC(C)(C)C(N)=O)N1CCOC(c2ccccc2C)C1.I. The van der Waals surface area contributed by atoms with Crippen LogP contribution in [-0.4, -0.2) is 49.6 Å². The second kappa shape index (κ2) is 10.1. The summed E-state index contributed by atoms with van der Waals surface area (Å²) < 4.78 is 5.99. The van der Waals surface area contributed by atoms with Crippen LogP contribution in [-0.2, 0) is 9.53 Å². The summed E-state index contributed by atoms with van der Waals surface area (Å²) in [6.07, 6.45) is 0.0166. The van der Waals surface area contributed by atoms with E-state index in [1.165, 1.54) is 11.1 Å². The van der Waals surface area contributed by atoms with Crippen LogP contribution in [0.3, 0.4) is 0 Å². The number of primary amides is 1. The minimum Gasteiger partial charge on any atom is -0.370 e. The van der Waals surface area contributed by atoms with Gasteiger partial charge in [-0.15, -0.1) is 24.0 Å². The molecule has 26 heavy (non-hydrogen) atoms. The van der Waals surface area contributed by atoms with Crippen LogP contribution >= 0.6 is 24.0 Å². The van der Waals surface area contributed by atoms with Crippen LogP contribution in [0.4, 0.5) is 0 Å². The van der Waals surface area contributed by atoms with Crippen molar-refractivity contribution in [1.29, 1.82) is 0 Å². The maximum Gasteiger partial charge on any atom is 0.224 e. The number of aryl methyl sites for hydroxylation is 1. The number of carbonyl (C=O) groups excluding carboxylic acids is 1. The van der Waals surface area contributed by atoms with Gasteiger partial charge in [-0.25, -0.2) is 0 Å². The highest BCUT2D eigenvalue weighted by Gasteiger charge is 2.28. The number of nitrogens with one attached hydrogen (secondary N) is 1. The van der Waals surface area contributed by atoms with E-state index < -0.39 is 5.41 Å². The number of rotatable bonds is 5. The van der Waals surface area contributed by atoms with Crippen molar-refractivity contribution in [1.82, 2.24) is 10.2 Å². The molecule has 1 heterocycles. The van der Waals surface area contributed by atoms with Gasteiger partial charge in [0.15, 0.2) is 5.96 Å². The van der Waals surface area contributed by atoms with Crippen LogP contribution in [0.5, 0.6) is 0 Å². The molecule has 0 bridgehead atoms. The maximum absolute atomic E-state index is 11.5. The van der Waals surface area contributed by atoms with E-state index in [4.69, 9.17) is 10.5 Å². The average molecular weight is 474 g/mol. The van der Waals surface area contributed by atoms with E-state index in [1.54, 1.807) is 0 Å². The molecule has 1 aliphatic rings. The lowest BCUT2D eigenvalue weighted by molar-refractivity contribution is -0.125. The van der Waals surface area contributed by atoms with Crippen molar-refractivity contribution in [3.05, 3.63) is 35.4 Å². The fraction of sp³-hybridized carbons (Fsp3) is 0.579. The van der Waals surface area contributed by atoms with E-state index in [0.717, 1.165) is 25.6 Å². The first-order valence-corrected chi connectivity index (χ1v) is 8.85. The van der Waals surface area contributed by atoms with Crippen molar-refractivity contribution in [3.63, 3.8) is 0 Å². The molecule has 1 amide bonds. The minimum atomic E-state index is -0.664. The number of carbonyl (C=O) groups is 1. The number of halogens is 1. The predicted octanol–water partition coefficient (Wildman–Crippen LogP) is 2.46. The number of hydrogen-bond donors (Lipinski definition) is 2. The van der Waals surface area contributed by atoms with Crippen molar-refractivity contribution in [2.45, 2.75) is 33.8 Å². The zero-order valence-electron chi connectivity index (χ0n) is 16.1. The Balaban J connectivity index is 0.00000338. The van der Waals surface area contributed by atoms with Gasteiger partial charge in [-0.3, -0.25) is 9.79 Å². The number of nitrogens with zero attached hydrogens (tertiary/aromatic N) is 2. The first-order valence-electron chi connectivity index (χ1n) is 8.85. The first-order chi connectivity index (χ1) is 11.8. The number of ether oxygens (including phenoxy) is 1. The lowest BCUT2D eigenvalue weighted by Crippen LogP contribution is -2.49. The van der Waals surface area contributed by atoms with Crippen molar-refractivity contribution in [2.24, 2.45) is 16.1 Å². The molecule has 0 spiro atoms. The van der Waals surface area contributed by atoms with E-state index in [9.17, 15) is 4.79 Å². The van der Waals surface area contributed by atoms with Gasteiger partial charge in [0.2, 0.25) is 5.91 Å². The Kier molecular flexibility index (Phi) is 8.82. The Morgan fingerprint density at radius 3 is 2.73 bits per heavy atom. The molecule has 0 aliphatic carbocycles. The summed E-state index contributed by atoms with van der Waals surface area (Å²) in [4.78, 5) is 18.4. The van der Waals surface area contributed by atoms with Gasteiger partial charge in [0.25, 0.3) is 0 Å². The first kappa shape index (κ1) is 22.7. The monoisotopic (exact) mass is 474 g/mol. The molecule has 7 heteroatoms. The summed E-state index contributed by atoms with van der Waals surface area (Å²) in [5.41, 5.74) is 7.23. The number of nitrogens with two attached hydrogens (primary N) is 1. The molecular formula is C19H31IN4O2. The van der Waals surface area contributed by atoms with Crippen LogP contribution in [0, 0.1) is 12.3 Å². The molecule has 3 N–H and O–H groups in total. The van der Waals surface area contributed by atoms with Gasteiger partial charge in [-0.1, -0.05) is 24.3 Å². The molecular weight excluding hydrogens is 443 g/mol. The standard InChI is InChI=1S/C19H30N4O2.HI/c1-5-21-18(22-13-19(3,4)17(20)24)23-10-11-25-16(12-23)15-9-7-6-8-14(15)2;/h6-9,16H,5,10-13H2,1-4H3,(H2,20,24)(H,21,22);1H. The second-order valence-corrected chi connectivity index (χ2v) is 7.08. The van der Waals surface area contributed by atoms with Gasteiger partial charge in [-0.05, 0) is 38.8 Å². The molecule has 1 aliphatic heterocycles. The van der Waals surface area contributed by atoms with Gasteiger partial charge in [0, 0.05) is 13.1 Å². The predicted molar refractivity (Wildman–Crippen MR) is 116 cm³/mol. The van der Waals surface area contributed by atoms with Crippen LogP contribution in [0.15, 0.2) is 29.3 Å². The summed E-state index contributed by atoms with van der Waals surface area (Å²) in [6, 6.07) is 8.30. The van der Waals surface area contributed by atoms with Crippen LogP contribution in [0.2, 0.25) is 0 Å². The highest BCUT2D eigenvalue weighted by Crippen LogP contribution is 2.25. The van der Waals surface area contributed by atoms with E-state index >= 15 is 0 Å². The highest BCUT2D eigenvalue weighted by atomic mass is 127. The Morgan fingerprint density at radius 1 is 1.42 bits per heavy atom. The number of morpholine rings is 1.